The Bertz CT molecular complexity index is 1060. The number of carbonyl (C=O) groups is 1. The highest BCUT2D eigenvalue weighted by Gasteiger charge is 2.30. The summed E-state index contributed by atoms with van der Waals surface area (Å²) in [4.78, 5) is 12.5. The Morgan fingerprint density at radius 3 is 2.55 bits per heavy atom. The van der Waals surface area contributed by atoms with Crippen molar-refractivity contribution in [2.24, 2.45) is 0 Å². The van der Waals surface area contributed by atoms with Crippen LogP contribution in [0.4, 0.5) is 13.2 Å². The molecule has 9 heteroatoms. The smallest absolute Gasteiger partial charge is 0.416 e. The molecule has 31 heavy (non-hydrogen) atoms. The summed E-state index contributed by atoms with van der Waals surface area (Å²) in [6, 6.07) is 9.46. The molecule has 0 atom stereocenters. The number of ether oxygens (including phenoxy) is 2. The summed E-state index contributed by atoms with van der Waals surface area (Å²) in [6.07, 6.45) is -4.44. The minimum atomic E-state index is -4.44. The van der Waals surface area contributed by atoms with Gasteiger partial charge in [0.25, 0.3) is 5.91 Å². The van der Waals surface area contributed by atoms with Crippen LogP contribution in [0.15, 0.2) is 47.0 Å². The lowest BCUT2D eigenvalue weighted by Gasteiger charge is -2.13. The Balaban J connectivity index is 1.67. The first kappa shape index (κ1) is 22.2. The molecule has 164 valence electrons. The van der Waals surface area contributed by atoms with Gasteiger partial charge in [-0.25, -0.2) is 0 Å². The van der Waals surface area contributed by atoms with E-state index in [0.29, 0.717) is 22.8 Å². The first-order chi connectivity index (χ1) is 14.7. The van der Waals surface area contributed by atoms with Gasteiger partial charge in [0.15, 0.2) is 11.5 Å². The van der Waals surface area contributed by atoms with Crippen LogP contribution in [0.1, 0.15) is 38.5 Å². The average molecular weight is 434 g/mol. The molecule has 0 bridgehead atoms. The molecular formula is C22H21F3N2O4. The molecule has 1 N–H and O–H groups in total. The quantitative estimate of drug-likeness (QED) is 0.577. The summed E-state index contributed by atoms with van der Waals surface area (Å²) in [5.41, 5.74) is 1.41. The van der Waals surface area contributed by atoms with Crippen LogP contribution in [0.5, 0.6) is 11.5 Å². The highest BCUT2D eigenvalue weighted by Crippen LogP contribution is 2.30. The molecule has 0 aliphatic carbocycles. The summed E-state index contributed by atoms with van der Waals surface area (Å²) in [5.74, 6) is 0.977. The van der Waals surface area contributed by atoms with E-state index in [4.69, 9.17) is 14.0 Å². The van der Waals surface area contributed by atoms with Crippen LogP contribution in [0.3, 0.4) is 0 Å². The third-order valence-electron chi connectivity index (χ3n) is 4.69. The Labute approximate surface area is 177 Å². The Hall–Kier alpha value is -3.49. The van der Waals surface area contributed by atoms with Crippen molar-refractivity contribution in [3.05, 3.63) is 76.2 Å². The number of halogens is 3. The zero-order valence-electron chi connectivity index (χ0n) is 17.2. The van der Waals surface area contributed by atoms with Gasteiger partial charge in [-0.2, -0.15) is 13.2 Å². The molecule has 1 aromatic heterocycles. The van der Waals surface area contributed by atoms with Crippen LogP contribution >= 0.6 is 0 Å². The van der Waals surface area contributed by atoms with E-state index in [9.17, 15) is 18.0 Å². The highest BCUT2D eigenvalue weighted by atomic mass is 19.4. The standard InChI is InChI=1S/C22H21F3N2O4/c1-13-18(14(2)31-27-13)12-30-19-8-7-16(10-20(19)29-3)21(28)26-11-15-5-4-6-17(9-15)22(23,24)25/h4-10H,11-12H2,1-3H3,(H,26,28). The van der Waals surface area contributed by atoms with E-state index >= 15 is 0 Å². The van der Waals surface area contributed by atoms with Crippen molar-refractivity contribution in [3.63, 3.8) is 0 Å². The molecule has 0 saturated carbocycles. The summed E-state index contributed by atoms with van der Waals surface area (Å²) in [5, 5.41) is 6.48. The molecule has 1 heterocycles. The maximum Gasteiger partial charge on any atom is 0.416 e. The van der Waals surface area contributed by atoms with Crippen molar-refractivity contribution >= 4 is 5.91 Å². The molecule has 6 nitrogen and oxygen atoms in total. The molecule has 2 aromatic carbocycles. The molecule has 0 aliphatic heterocycles. The van der Waals surface area contributed by atoms with E-state index in [1.54, 1.807) is 19.1 Å². The molecule has 3 aromatic rings. The second-order valence-corrected chi connectivity index (χ2v) is 6.84. The molecular weight excluding hydrogens is 413 g/mol. The number of nitrogens with one attached hydrogen (secondary N) is 1. The highest BCUT2D eigenvalue weighted by molar-refractivity contribution is 5.94. The predicted octanol–water partition coefficient (Wildman–Crippen LogP) is 4.83. The average Bonchev–Trinajstić information content (AvgIpc) is 3.07. The van der Waals surface area contributed by atoms with Gasteiger partial charge in [-0.05, 0) is 49.7 Å². The van der Waals surface area contributed by atoms with Crippen molar-refractivity contribution in [1.82, 2.24) is 10.5 Å². The van der Waals surface area contributed by atoms with Crippen LogP contribution in [-0.2, 0) is 19.3 Å². The molecule has 0 fully saturated rings. The summed E-state index contributed by atoms with van der Waals surface area (Å²) in [6.45, 7) is 3.77. The number of rotatable bonds is 7. The Morgan fingerprint density at radius 1 is 1.13 bits per heavy atom. The van der Waals surface area contributed by atoms with Crippen LogP contribution in [0.2, 0.25) is 0 Å². The Morgan fingerprint density at radius 2 is 1.90 bits per heavy atom. The van der Waals surface area contributed by atoms with Gasteiger partial charge in [-0.15, -0.1) is 0 Å². The molecule has 1 amide bonds. The lowest BCUT2D eigenvalue weighted by Crippen LogP contribution is -2.23. The van der Waals surface area contributed by atoms with Gasteiger partial charge < -0.3 is 19.3 Å². The second-order valence-electron chi connectivity index (χ2n) is 6.84. The number of carbonyl (C=O) groups excluding carboxylic acids is 1. The molecule has 0 aliphatic rings. The van der Waals surface area contributed by atoms with Crippen LogP contribution < -0.4 is 14.8 Å². The maximum absolute atomic E-state index is 12.8. The second kappa shape index (κ2) is 9.11. The molecule has 0 unspecified atom stereocenters. The molecule has 0 saturated heterocycles. The minimum Gasteiger partial charge on any atom is -0.493 e. The van der Waals surface area contributed by atoms with Crippen molar-refractivity contribution in [3.8, 4) is 11.5 Å². The number of methoxy groups -OCH3 is 1. The largest absolute Gasteiger partial charge is 0.493 e. The van der Waals surface area contributed by atoms with Gasteiger partial charge in [0, 0.05) is 12.1 Å². The van der Waals surface area contributed by atoms with Crippen LogP contribution in [0.25, 0.3) is 0 Å². The normalized spacial score (nSPS) is 11.3. The third kappa shape index (κ3) is 5.36. The van der Waals surface area contributed by atoms with Gasteiger partial charge in [0.1, 0.15) is 12.4 Å². The first-order valence-electron chi connectivity index (χ1n) is 9.36. The third-order valence-corrected chi connectivity index (χ3v) is 4.69. The van der Waals surface area contributed by atoms with Gasteiger partial charge in [0.2, 0.25) is 0 Å². The number of nitrogens with zero attached hydrogens (tertiary/aromatic N) is 1. The number of aromatic nitrogens is 1. The monoisotopic (exact) mass is 434 g/mol. The van der Waals surface area contributed by atoms with E-state index in [-0.39, 0.29) is 18.7 Å². The van der Waals surface area contributed by atoms with E-state index < -0.39 is 17.6 Å². The van der Waals surface area contributed by atoms with Crippen molar-refractivity contribution in [2.75, 3.05) is 7.11 Å². The SMILES string of the molecule is COc1cc(C(=O)NCc2cccc(C(F)(F)F)c2)ccc1OCc1c(C)noc1C. The topological polar surface area (TPSA) is 73.6 Å². The van der Waals surface area contributed by atoms with Crippen molar-refractivity contribution in [1.29, 1.82) is 0 Å². The van der Waals surface area contributed by atoms with E-state index in [2.05, 4.69) is 10.5 Å². The number of benzene rings is 2. The van der Waals surface area contributed by atoms with Gasteiger partial charge in [-0.1, -0.05) is 17.3 Å². The van der Waals surface area contributed by atoms with Gasteiger partial charge >= 0.3 is 6.18 Å². The first-order valence-corrected chi connectivity index (χ1v) is 9.36. The summed E-state index contributed by atoms with van der Waals surface area (Å²) in [7, 11) is 1.45. The zero-order valence-corrected chi connectivity index (χ0v) is 17.2. The molecule has 0 radical (unpaired) electrons. The number of amides is 1. The van der Waals surface area contributed by atoms with Crippen LogP contribution in [-0.4, -0.2) is 18.2 Å². The Kier molecular flexibility index (Phi) is 6.53. The van der Waals surface area contributed by atoms with E-state index in [1.165, 1.54) is 25.3 Å². The fraction of sp³-hybridized carbons (Fsp3) is 0.273. The number of hydrogen-bond acceptors (Lipinski definition) is 5. The minimum absolute atomic E-state index is 0.0463. The number of aryl methyl sites for hydroxylation is 2. The lowest BCUT2D eigenvalue weighted by molar-refractivity contribution is -0.137. The van der Waals surface area contributed by atoms with Crippen molar-refractivity contribution in [2.45, 2.75) is 33.2 Å². The maximum atomic E-state index is 12.8. The zero-order chi connectivity index (χ0) is 22.6. The summed E-state index contributed by atoms with van der Waals surface area (Å²) < 4.78 is 54.7. The van der Waals surface area contributed by atoms with Gasteiger partial charge in [-0.3, -0.25) is 4.79 Å². The summed E-state index contributed by atoms with van der Waals surface area (Å²) >= 11 is 0. The lowest BCUT2D eigenvalue weighted by atomic mass is 10.1. The van der Waals surface area contributed by atoms with E-state index in [1.807, 2.05) is 6.92 Å². The fourth-order valence-electron chi connectivity index (χ4n) is 2.93. The van der Waals surface area contributed by atoms with E-state index in [0.717, 1.165) is 23.4 Å². The number of alkyl halides is 3. The molecule has 3 rings (SSSR count). The van der Waals surface area contributed by atoms with Gasteiger partial charge in [0.05, 0.1) is 23.9 Å². The fourth-order valence-corrected chi connectivity index (χ4v) is 2.93. The van der Waals surface area contributed by atoms with Crippen molar-refractivity contribution < 1.29 is 32.0 Å². The molecule has 0 spiro atoms. The predicted molar refractivity (Wildman–Crippen MR) is 106 cm³/mol. The van der Waals surface area contributed by atoms with Crippen LogP contribution in [0, 0.1) is 13.8 Å². The number of hydrogen-bond donors (Lipinski definition) is 1.